The Bertz CT molecular complexity index is 1660. The lowest BCUT2D eigenvalue weighted by Crippen LogP contribution is -2.31. The maximum atomic E-state index is 13.9. The maximum Gasteiger partial charge on any atom is 0.258 e. The molecular weight excluding hydrogens is 488 g/mol. The molecule has 5 heteroatoms. The summed E-state index contributed by atoms with van der Waals surface area (Å²) in [5.74, 6) is -0.224. The Morgan fingerprint density at radius 3 is 2.29 bits per heavy atom. The second kappa shape index (κ2) is 10.1. The van der Waals surface area contributed by atoms with Crippen LogP contribution < -0.4 is 10.2 Å². The number of anilines is 2. The zero-order valence-corrected chi connectivity index (χ0v) is 21.8. The monoisotopic (exact) mass is 514 g/mol. The zero-order chi connectivity index (χ0) is 26.1. The first-order chi connectivity index (χ1) is 18.6. The fourth-order valence-electron chi connectivity index (χ4n) is 5.10. The highest BCUT2D eigenvalue weighted by atomic mass is 32.1. The summed E-state index contributed by atoms with van der Waals surface area (Å²) in [5, 5.41) is 5.03. The van der Waals surface area contributed by atoms with Crippen molar-refractivity contribution in [2.24, 2.45) is 0 Å². The van der Waals surface area contributed by atoms with E-state index < -0.39 is 0 Å². The number of carbonyl (C=O) groups excluding carboxylic acids is 2. The number of benzene rings is 4. The molecule has 0 unspecified atom stereocenters. The third kappa shape index (κ3) is 4.53. The van der Waals surface area contributed by atoms with Crippen LogP contribution in [-0.4, -0.2) is 11.8 Å². The fraction of sp³-hybridized carbons (Fsp3) is 0.0909. The van der Waals surface area contributed by atoms with Crippen LogP contribution in [0.3, 0.4) is 0 Å². The fourth-order valence-corrected chi connectivity index (χ4v) is 5.87. The Hall–Kier alpha value is -4.48. The molecule has 5 aromatic rings. The van der Waals surface area contributed by atoms with E-state index in [1.165, 1.54) is 5.56 Å². The van der Waals surface area contributed by atoms with E-state index >= 15 is 0 Å². The number of rotatable bonds is 4. The lowest BCUT2D eigenvalue weighted by atomic mass is 10.0. The predicted molar refractivity (Wildman–Crippen MR) is 155 cm³/mol. The van der Waals surface area contributed by atoms with Crippen LogP contribution in [0.25, 0.3) is 10.4 Å². The molecule has 0 saturated heterocycles. The summed E-state index contributed by atoms with van der Waals surface area (Å²) in [6.07, 6.45) is 0.799. The van der Waals surface area contributed by atoms with Gasteiger partial charge in [-0.05, 0) is 77.4 Å². The molecule has 1 aliphatic heterocycles. The third-order valence-corrected chi connectivity index (χ3v) is 7.93. The number of nitrogens with one attached hydrogen (secondary N) is 1. The highest BCUT2D eigenvalue weighted by Crippen LogP contribution is 2.33. The first kappa shape index (κ1) is 23.9. The van der Waals surface area contributed by atoms with Crippen molar-refractivity contribution in [2.45, 2.75) is 19.9 Å². The van der Waals surface area contributed by atoms with Gasteiger partial charge in [-0.2, -0.15) is 0 Å². The average Bonchev–Trinajstić information content (AvgIpc) is 3.42. The molecule has 6 rings (SSSR count). The van der Waals surface area contributed by atoms with Gasteiger partial charge in [0.25, 0.3) is 11.8 Å². The number of nitrogens with zero attached hydrogens (tertiary/aromatic N) is 1. The molecule has 0 spiro atoms. The Balaban J connectivity index is 1.28. The number of hydrogen-bond acceptors (Lipinski definition) is 3. The summed E-state index contributed by atoms with van der Waals surface area (Å²) in [4.78, 5) is 30.1. The van der Waals surface area contributed by atoms with Crippen molar-refractivity contribution in [1.82, 2.24) is 0 Å². The second-order valence-electron chi connectivity index (χ2n) is 9.47. The maximum absolute atomic E-state index is 13.9. The van der Waals surface area contributed by atoms with Crippen LogP contribution in [0.5, 0.6) is 0 Å². The molecule has 0 bridgehead atoms. The first-order valence-electron chi connectivity index (χ1n) is 12.6. The van der Waals surface area contributed by atoms with Gasteiger partial charge in [0.15, 0.2) is 0 Å². The third-order valence-electron chi connectivity index (χ3n) is 7.03. The molecule has 2 amide bonds. The van der Waals surface area contributed by atoms with E-state index in [4.69, 9.17) is 0 Å². The van der Waals surface area contributed by atoms with Crippen molar-refractivity contribution in [1.29, 1.82) is 0 Å². The van der Waals surface area contributed by atoms with E-state index in [0.717, 1.165) is 39.2 Å². The molecule has 186 valence electrons. The van der Waals surface area contributed by atoms with E-state index in [1.807, 2.05) is 96.1 Å². The topological polar surface area (TPSA) is 49.4 Å². The van der Waals surface area contributed by atoms with Crippen molar-refractivity contribution in [3.05, 3.63) is 142 Å². The molecule has 1 N–H and O–H groups in total. The molecule has 4 aromatic carbocycles. The van der Waals surface area contributed by atoms with Crippen molar-refractivity contribution in [3.8, 4) is 10.4 Å². The Morgan fingerprint density at radius 2 is 1.50 bits per heavy atom. The molecule has 0 fully saturated rings. The normalized spacial score (nSPS) is 12.3. The van der Waals surface area contributed by atoms with Crippen molar-refractivity contribution in [2.75, 3.05) is 10.2 Å². The molecule has 0 atom stereocenters. The minimum atomic E-state index is -0.175. The SMILES string of the molecule is Cc1cc(NC(=O)c2ccccc2-c2cccs2)ccc1C(=O)N1Cc2ccccc2Cc2ccccc21. The molecule has 0 saturated carbocycles. The molecule has 2 heterocycles. The largest absolute Gasteiger partial charge is 0.322 e. The molecule has 1 aliphatic rings. The number of thiophene rings is 1. The Morgan fingerprint density at radius 1 is 0.763 bits per heavy atom. The molecule has 0 aliphatic carbocycles. The summed E-state index contributed by atoms with van der Waals surface area (Å²) < 4.78 is 0. The lowest BCUT2D eigenvalue weighted by Gasteiger charge is -2.24. The quantitative estimate of drug-likeness (QED) is 0.267. The Labute approximate surface area is 226 Å². The van der Waals surface area contributed by atoms with Gasteiger partial charge in [-0.25, -0.2) is 0 Å². The lowest BCUT2D eigenvalue weighted by molar-refractivity contribution is 0.0983. The second-order valence-corrected chi connectivity index (χ2v) is 10.4. The van der Waals surface area contributed by atoms with Gasteiger partial charge in [0, 0.05) is 32.9 Å². The highest BCUT2D eigenvalue weighted by Gasteiger charge is 2.26. The van der Waals surface area contributed by atoms with Gasteiger partial charge in [0.2, 0.25) is 0 Å². The van der Waals surface area contributed by atoms with Crippen molar-refractivity contribution < 1.29 is 9.59 Å². The summed E-state index contributed by atoms with van der Waals surface area (Å²) in [6.45, 7) is 2.43. The molecular formula is C33H26N2O2S. The minimum Gasteiger partial charge on any atom is -0.322 e. The van der Waals surface area contributed by atoms with Crippen molar-refractivity contribution >= 4 is 34.5 Å². The number of aryl methyl sites for hydroxylation is 1. The van der Waals surface area contributed by atoms with Crippen LogP contribution in [0.4, 0.5) is 11.4 Å². The van der Waals surface area contributed by atoms with Crippen LogP contribution >= 0.6 is 11.3 Å². The first-order valence-corrected chi connectivity index (χ1v) is 13.5. The van der Waals surface area contributed by atoms with Crippen molar-refractivity contribution in [3.63, 3.8) is 0 Å². The molecule has 4 nitrogen and oxygen atoms in total. The van der Waals surface area contributed by atoms with Gasteiger partial charge >= 0.3 is 0 Å². The Kier molecular flexibility index (Phi) is 6.36. The summed E-state index contributed by atoms with van der Waals surface area (Å²) in [6, 6.07) is 33.5. The van der Waals surface area contributed by atoms with Crippen LogP contribution in [0, 0.1) is 6.92 Å². The van der Waals surface area contributed by atoms with Gasteiger partial charge in [-0.3, -0.25) is 9.59 Å². The number of para-hydroxylation sites is 1. The predicted octanol–water partition coefficient (Wildman–Crippen LogP) is 7.73. The summed E-state index contributed by atoms with van der Waals surface area (Å²) >= 11 is 1.61. The molecule has 0 radical (unpaired) electrons. The van der Waals surface area contributed by atoms with Gasteiger partial charge in [-0.1, -0.05) is 66.7 Å². The summed E-state index contributed by atoms with van der Waals surface area (Å²) in [7, 11) is 0. The number of hydrogen-bond donors (Lipinski definition) is 1. The zero-order valence-electron chi connectivity index (χ0n) is 21.0. The smallest absolute Gasteiger partial charge is 0.258 e. The van der Waals surface area contributed by atoms with E-state index in [-0.39, 0.29) is 11.8 Å². The number of fused-ring (bicyclic) bond motifs is 2. The van der Waals surface area contributed by atoms with E-state index in [2.05, 4.69) is 29.6 Å². The number of carbonyl (C=O) groups is 2. The van der Waals surface area contributed by atoms with Gasteiger partial charge < -0.3 is 10.2 Å². The van der Waals surface area contributed by atoms with Crippen LogP contribution in [0.1, 0.15) is 43.0 Å². The van der Waals surface area contributed by atoms with Gasteiger partial charge in [-0.15, -0.1) is 11.3 Å². The van der Waals surface area contributed by atoms with E-state index in [9.17, 15) is 9.59 Å². The standard InChI is InChI=1S/C33H26N2O2S/c1-22-19-26(34-32(36)29-13-6-5-12-28(29)31-15-8-18-38-31)16-17-27(22)33(37)35-21-25-11-3-2-9-23(25)20-24-10-4-7-14-30(24)35/h2-19H,20-21H2,1H3,(H,34,36). The highest BCUT2D eigenvalue weighted by molar-refractivity contribution is 7.13. The van der Waals surface area contributed by atoms with Crippen LogP contribution in [-0.2, 0) is 13.0 Å². The number of amides is 2. The van der Waals surface area contributed by atoms with Crippen LogP contribution in [0.2, 0.25) is 0 Å². The van der Waals surface area contributed by atoms with Crippen LogP contribution in [0.15, 0.2) is 109 Å². The average molecular weight is 515 g/mol. The van der Waals surface area contributed by atoms with Gasteiger partial charge in [0.1, 0.15) is 0 Å². The minimum absolute atomic E-state index is 0.0485. The molecule has 1 aromatic heterocycles. The van der Waals surface area contributed by atoms with E-state index in [1.54, 1.807) is 11.3 Å². The van der Waals surface area contributed by atoms with E-state index in [0.29, 0.717) is 23.4 Å². The van der Waals surface area contributed by atoms with Gasteiger partial charge in [0.05, 0.1) is 6.54 Å². The summed E-state index contributed by atoms with van der Waals surface area (Å²) in [5.41, 5.74) is 8.09. The molecule has 38 heavy (non-hydrogen) atoms.